The van der Waals surface area contributed by atoms with E-state index in [9.17, 15) is 14.7 Å². The molecule has 1 N–H and O–H groups in total. The lowest BCUT2D eigenvalue weighted by atomic mass is 9.73. The van der Waals surface area contributed by atoms with Gasteiger partial charge in [0.05, 0.1) is 25.0 Å². The Labute approximate surface area is 113 Å². The van der Waals surface area contributed by atoms with Crippen LogP contribution in [0.3, 0.4) is 0 Å². The molecule has 5 heteroatoms. The molecule has 106 valence electrons. The van der Waals surface area contributed by atoms with Crippen molar-refractivity contribution in [2.75, 3.05) is 26.3 Å². The first kappa shape index (κ1) is 14.1. The van der Waals surface area contributed by atoms with E-state index in [0.717, 1.165) is 5.57 Å². The Morgan fingerprint density at radius 3 is 2.58 bits per heavy atom. The average Bonchev–Trinajstić information content (AvgIpc) is 2.37. The van der Waals surface area contributed by atoms with Crippen LogP contribution in [0.15, 0.2) is 11.6 Å². The minimum Gasteiger partial charge on any atom is -0.481 e. The van der Waals surface area contributed by atoms with Crippen LogP contribution in [-0.4, -0.2) is 48.2 Å². The van der Waals surface area contributed by atoms with E-state index < -0.39 is 17.8 Å². The second kappa shape index (κ2) is 5.74. The summed E-state index contributed by atoms with van der Waals surface area (Å²) >= 11 is 0. The number of aliphatic carboxylic acids is 1. The molecule has 3 atom stereocenters. The third-order valence-electron chi connectivity index (χ3n) is 4.01. The summed E-state index contributed by atoms with van der Waals surface area (Å²) in [5.41, 5.74) is 1.11. The molecular formula is C14H21NO4. The highest BCUT2D eigenvalue weighted by molar-refractivity contribution is 5.85. The van der Waals surface area contributed by atoms with Crippen molar-refractivity contribution in [3.05, 3.63) is 11.6 Å². The molecule has 1 saturated heterocycles. The fourth-order valence-electron chi connectivity index (χ4n) is 3.12. The lowest BCUT2D eigenvalue weighted by molar-refractivity contribution is -0.154. The lowest BCUT2D eigenvalue weighted by Gasteiger charge is -2.36. The molecule has 0 saturated carbocycles. The van der Waals surface area contributed by atoms with Crippen molar-refractivity contribution in [2.24, 2.45) is 17.8 Å². The van der Waals surface area contributed by atoms with Gasteiger partial charge in [0.1, 0.15) is 0 Å². The number of carboxylic acids is 1. The summed E-state index contributed by atoms with van der Waals surface area (Å²) in [4.78, 5) is 25.7. The van der Waals surface area contributed by atoms with Crippen LogP contribution >= 0.6 is 0 Å². The molecule has 1 aliphatic carbocycles. The molecule has 0 aromatic heterocycles. The van der Waals surface area contributed by atoms with Crippen molar-refractivity contribution < 1.29 is 19.4 Å². The van der Waals surface area contributed by atoms with E-state index in [0.29, 0.717) is 32.7 Å². The van der Waals surface area contributed by atoms with Crippen LogP contribution < -0.4 is 0 Å². The smallest absolute Gasteiger partial charge is 0.307 e. The third-order valence-corrected chi connectivity index (χ3v) is 4.01. The molecule has 1 amide bonds. The van der Waals surface area contributed by atoms with Gasteiger partial charge in [-0.3, -0.25) is 9.59 Å². The predicted octanol–water partition coefficient (Wildman–Crippen LogP) is 1.15. The van der Waals surface area contributed by atoms with Crippen molar-refractivity contribution in [1.29, 1.82) is 0 Å². The van der Waals surface area contributed by atoms with E-state index >= 15 is 0 Å². The van der Waals surface area contributed by atoms with Gasteiger partial charge in [0.25, 0.3) is 0 Å². The van der Waals surface area contributed by atoms with Gasteiger partial charge in [0, 0.05) is 13.1 Å². The molecule has 1 aliphatic heterocycles. The normalized spacial score (nSPS) is 31.8. The molecule has 0 radical (unpaired) electrons. The van der Waals surface area contributed by atoms with Crippen LogP contribution in [0.2, 0.25) is 0 Å². The first-order chi connectivity index (χ1) is 9.00. The quantitative estimate of drug-likeness (QED) is 0.762. The van der Waals surface area contributed by atoms with Gasteiger partial charge >= 0.3 is 5.97 Å². The second-order valence-electron chi connectivity index (χ2n) is 5.48. The number of rotatable bonds is 2. The Morgan fingerprint density at radius 1 is 1.37 bits per heavy atom. The van der Waals surface area contributed by atoms with Crippen LogP contribution in [0.5, 0.6) is 0 Å². The van der Waals surface area contributed by atoms with Crippen molar-refractivity contribution in [3.8, 4) is 0 Å². The standard InChI is InChI=1S/C14H21NO4/c1-9-7-10(2)12(14(17)18)11(8-9)13(16)15-3-5-19-6-4-15/h7,10-12H,3-6,8H2,1-2H3,(H,17,18). The fourth-order valence-corrected chi connectivity index (χ4v) is 3.12. The van der Waals surface area contributed by atoms with Gasteiger partial charge in [-0.2, -0.15) is 0 Å². The number of carboxylic acid groups (broad SMARTS) is 1. The Kier molecular flexibility index (Phi) is 4.24. The number of carbonyl (C=O) groups excluding carboxylic acids is 1. The molecule has 2 rings (SSSR count). The first-order valence-corrected chi connectivity index (χ1v) is 6.77. The fraction of sp³-hybridized carbons (Fsp3) is 0.714. The molecule has 3 unspecified atom stereocenters. The van der Waals surface area contributed by atoms with Gasteiger partial charge in [0.15, 0.2) is 0 Å². The van der Waals surface area contributed by atoms with Crippen molar-refractivity contribution >= 4 is 11.9 Å². The highest BCUT2D eigenvalue weighted by Gasteiger charge is 2.41. The van der Waals surface area contributed by atoms with E-state index in [2.05, 4.69) is 0 Å². The number of allylic oxidation sites excluding steroid dienone is 2. The van der Waals surface area contributed by atoms with E-state index in [1.807, 2.05) is 19.9 Å². The lowest BCUT2D eigenvalue weighted by Crippen LogP contribution is -2.48. The maximum Gasteiger partial charge on any atom is 0.307 e. The third kappa shape index (κ3) is 2.97. The van der Waals surface area contributed by atoms with E-state index in [4.69, 9.17) is 4.74 Å². The van der Waals surface area contributed by atoms with Gasteiger partial charge in [-0.25, -0.2) is 0 Å². The van der Waals surface area contributed by atoms with Gasteiger partial charge in [-0.15, -0.1) is 0 Å². The Balaban J connectivity index is 2.17. The number of hydrogen-bond donors (Lipinski definition) is 1. The van der Waals surface area contributed by atoms with Crippen molar-refractivity contribution in [2.45, 2.75) is 20.3 Å². The summed E-state index contributed by atoms with van der Waals surface area (Å²) < 4.78 is 5.23. The number of amides is 1. The number of hydrogen-bond acceptors (Lipinski definition) is 3. The van der Waals surface area contributed by atoms with Crippen LogP contribution in [0.4, 0.5) is 0 Å². The molecule has 5 nitrogen and oxygen atoms in total. The number of nitrogens with zero attached hydrogens (tertiary/aromatic N) is 1. The van der Waals surface area contributed by atoms with E-state index in [-0.39, 0.29) is 11.8 Å². The highest BCUT2D eigenvalue weighted by Crippen LogP contribution is 2.35. The zero-order chi connectivity index (χ0) is 14.0. The average molecular weight is 267 g/mol. The maximum absolute atomic E-state index is 12.5. The van der Waals surface area contributed by atoms with Crippen molar-refractivity contribution in [3.63, 3.8) is 0 Å². The van der Waals surface area contributed by atoms with Gasteiger partial charge in [-0.1, -0.05) is 18.6 Å². The summed E-state index contributed by atoms with van der Waals surface area (Å²) in [5.74, 6) is -2.05. The summed E-state index contributed by atoms with van der Waals surface area (Å²) in [5, 5.41) is 9.39. The molecule has 1 heterocycles. The first-order valence-electron chi connectivity index (χ1n) is 6.77. The SMILES string of the molecule is CC1=CC(C)C(C(=O)O)C(C(=O)N2CCOCC2)C1. The Bertz CT molecular complexity index is 398. The van der Waals surface area contributed by atoms with Crippen LogP contribution in [0, 0.1) is 17.8 Å². The Hall–Kier alpha value is -1.36. The zero-order valence-corrected chi connectivity index (χ0v) is 11.5. The minimum absolute atomic E-state index is 0.0324. The van der Waals surface area contributed by atoms with Crippen LogP contribution in [0.1, 0.15) is 20.3 Å². The molecular weight excluding hydrogens is 246 g/mol. The van der Waals surface area contributed by atoms with Gasteiger partial charge in [-0.05, 0) is 19.3 Å². The second-order valence-corrected chi connectivity index (χ2v) is 5.48. The molecule has 1 fully saturated rings. The Morgan fingerprint density at radius 2 is 2.00 bits per heavy atom. The predicted molar refractivity (Wildman–Crippen MR) is 69.6 cm³/mol. The van der Waals surface area contributed by atoms with Crippen LogP contribution in [0.25, 0.3) is 0 Å². The van der Waals surface area contributed by atoms with Gasteiger partial charge in [0.2, 0.25) is 5.91 Å². The number of carbonyl (C=O) groups is 2. The summed E-state index contributed by atoms with van der Waals surface area (Å²) in [7, 11) is 0. The topological polar surface area (TPSA) is 66.8 Å². The molecule has 0 spiro atoms. The zero-order valence-electron chi connectivity index (χ0n) is 11.5. The highest BCUT2D eigenvalue weighted by atomic mass is 16.5. The summed E-state index contributed by atoms with van der Waals surface area (Å²) in [6.07, 6.45) is 2.53. The largest absolute Gasteiger partial charge is 0.481 e. The molecule has 0 bridgehead atoms. The molecule has 0 aromatic carbocycles. The van der Waals surface area contributed by atoms with E-state index in [1.165, 1.54) is 0 Å². The number of morpholine rings is 1. The van der Waals surface area contributed by atoms with Crippen LogP contribution in [-0.2, 0) is 14.3 Å². The molecule has 19 heavy (non-hydrogen) atoms. The summed E-state index contributed by atoms with van der Waals surface area (Å²) in [6, 6.07) is 0. The van der Waals surface area contributed by atoms with Gasteiger partial charge < -0.3 is 14.7 Å². The van der Waals surface area contributed by atoms with Crippen molar-refractivity contribution in [1.82, 2.24) is 4.90 Å². The maximum atomic E-state index is 12.5. The summed E-state index contributed by atoms with van der Waals surface area (Å²) in [6.45, 7) is 6.06. The molecule has 0 aromatic rings. The monoisotopic (exact) mass is 267 g/mol. The molecule has 2 aliphatic rings. The minimum atomic E-state index is -0.872. The number of ether oxygens (including phenoxy) is 1. The van der Waals surface area contributed by atoms with E-state index in [1.54, 1.807) is 4.90 Å².